The van der Waals surface area contributed by atoms with Crippen molar-refractivity contribution in [3.8, 4) is 0 Å². The summed E-state index contributed by atoms with van der Waals surface area (Å²) in [6, 6.07) is 6.91. The molecule has 96 valence electrons. The normalized spacial score (nSPS) is 12.7. The van der Waals surface area contributed by atoms with E-state index in [9.17, 15) is 9.50 Å². The Morgan fingerprint density at radius 1 is 1.44 bits per heavy atom. The second-order valence-corrected chi connectivity index (χ2v) is 5.20. The molecule has 18 heavy (non-hydrogen) atoms. The van der Waals surface area contributed by atoms with Gasteiger partial charge in [0.05, 0.1) is 18.1 Å². The van der Waals surface area contributed by atoms with Gasteiger partial charge < -0.3 is 9.52 Å². The molecule has 0 radical (unpaired) electrons. The molecule has 0 unspecified atom stereocenters. The minimum Gasteiger partial charge on any atom is -0.468 e. The second-order valence-electron chi connectivity index (χ2n) is 4.18. The molecule has 1 N–H and O–H groups in total. The summed E-state index contributed by atoms with van der Waals surface area (Å²) >= 11 is 1.54. The first-order chi connectivity index (χ1) is 8.58. The Balaban J connectivity index is 2.23. The first-order valence-electron chi connectivity index (χ1n) is 5.71. The third-order valence-corrected chi connectivity index (χ3v) is 3.78. The number of aliphatic hydroxyl groups excluding tert-OH is 1. The van der Waals surface area contributed by atoms with E-state index >= 15 is 0 Å². The first-order valence-corrected chi connectivity index (χ1v) is 6.70. The van der Waals surface area contributed by atoms with Crippen LogP contribution in [0.25, 0.3) is 0 Å². The number of aliphatic hydroxyl groups is 1. The molecule has 0 aliphatic rings. The number of halogens is 1. The van der Waals surface area contributed by atoms with Crippen LogP contribution in [-0.4, -0.2) is 5.11 Å². The number of benzene rings is 1. The summed E-state index contributed by atoms with van der Waals surface area (Å²) in [5, 5.41) is 9.67. The average molecular weight is 266 g/mol. The van der Waals surface area contributed by atoms with Crippen LogP contribution in [-0.2, 0) is 5.75 Å². The van der Waals surface area contributed by atoms with Crippen LogP contribution in [0.2, 0.25) is 0 Å². The summed E-state index contributed by atoms with van der Waals surface area (Å²) in [4.78, 5) is 0.889. The fourth-order valence-corrected chi connectivity index (χ4v) is 2.78. The SMILES string of the molecule is Cc1cc(SCc2ccco2)c([C@@H](C)O)cc1F. The molecule has 0 fully saturated rings. The topological polar surface area (TPSA) is 33.4 Å². The highest BCUT2D eigenvalue weighted by Gasteiger charge is 2.12. The van der Waals surface area contributed by atoms with Crippen LogP contribution in [0.15, 0.2) is 39.8 Å². The number of hydrogen-bond donors (Lipinski definition) is 1. The maximum absolute atomic E-state index is 13.5. The lowest BCUT2D eigenvalue weighted by Gasteiger charge is -2.13. The standard InChI is InChI=1S/C14H15FO2S/c1-9-6-14(12(10(2)16)7-13(9)15)18-8-11-4-3-5-17-11/h3-7,10,16H,8H2,1-2H3/t10-/m1/s1. The van der Waals surface area contributed by atoms with Crippen LogP contribution < -0.4 is 0 Å². The van der Waals surface area contributed by atoms with Crippen LogP contribution in [0.1, 0.15) is 29.9 Å². The second kappa shape index (κ2) is 5.59. The zero-order valence-electron chi connectivity index (χ0n) is 10.3. The van der Waals surface area contributed by atoms with Crippen molar-refractivity contribution >= 4 is 11.8 Å². The van der Waals surface area contributed by atoms with Crippen molar-refractivity contribution in [2.24, 2.45) is 0 Å². The molecule has 0 amide bonds. The Morgan fingerprint density at radius 3 is 2.83 bits per heavy atom. The van der Waals surface area contributed by atoms with Gasteiger partial charge in [0.1, 0.15) is 11.6 Å². The molecule has 1 aromatic carbocycles. The molecule has 2 aromatic rings. The van der Waals surface area contributed by atoms with E-state index < -0.39 is 6.10 Å². The van der Waals surface area contributed by atoms with E-state index in [4.69, 9.17) is 4.42 Å². The van der Waals surface area contributed by atoms with Gasteiger partial charge >= 0.3 is 0 Å². The van der Waals surface area contributed by atoms with Crippen molar-refractivity contribution in [2.45, 2.75) is 30.6 Å². The van der Waals surface area contributed by atoms with Crippen molar-refractivity contribution in [1.29, 1.82) is 0 Å². The van der Waals surface area contributed by atoms with Gasteiger partial charge in [-0.15, -0.1) is 11.8 Å². The number of rotatable bonds is 4. The Bertz CT molecular complexity index is 521. The number of thioether (sulfide) groups is 1. The molecule has 0 saturated carbocycles. The highest BCUT2D eigenvalue weighted by Crippen LogP contribution is 2.32. The molecule has 0 aliphatic carbocycles. The maximum atomic E-state index is 13.5. The predicted octanol–water partition coefficient (Wildman–Crippen LogP) is 4.07. The summed E-state index contributed by atoms with van der Waals surface area (Å²) in [6.45, 7) is 3.36. The Labute approximate surface area is 110 Å². The van der Waals surface area contributed by atoms with Gasteiger partial charge in [0.2, 0.25) is 0 Å². The largest absolute Gasteiger partial charge is 0.468 e. The molecule has 0 spiro atoms. The monoisotopic (exact) mass is 266 g/mol. The van der Waals surface area contributed by atoms with Crippen LogP contribution in [0.3, 0.4) is 0 Å². The molecule has 1 aromatic heterocycles. The van der Waals surface area contributed by atoms with Crippen LogP contribution in [0.5, 0.6) is 0 Å². The van der Waals surface area contributed by atoms with Gasteiger partial charge in [0.25, 0.3) is 0 Å². The first kappa shape index (κ1) is 13.2. The molecule has 1 heterocycles. The minimum atomic E-state index is -0.681. The molecular formula is C14H15FO2S. The van der Waals surface area contributed by atoms with Crippen molar-refractivity contribution < 1.29 is 13.9 Å². The molecule has 2 rings (SSSR count). The molecule has 0 bridgehead atoms. The Kier molecular flexibility index (Phi) is 4.09. The molecule has 0 aliphatic heterocycles. The fourth-order valence-electron chi connectivity index (χ4n) is 1.67. The molecule has 4 heteroatoms. The average Bonchev–Trinajstić information content (AvgIpc) is 2.83. The van der Waals surface area contributed by atoms with E-state index in [2.05, 4.69) is 0 Å². The molecule has 1 atom stereocenters. The van der Waals surface area contributed by atoms with E-state index in [1.807, 2.05) is 12.1 Å². The summed E-state index contributed by atoms with van der Waals surface area (Å²) in [7, 11) is 0. The molecular weight excluding hydrogens is 251 g/mol. The third-order valence-electron chi connectivity index (χ3n) is 2.69. The smallest absolute Gasteiger partial charge is 0.126 e. The van der Waals surface area contributed by atoms with Gasteiger partial charge in [-0.25, -0.2) is 4.39 Å². The van der Waals surface area contributed by atoms with Crippen LogP contribution >= 0.6 is 11.8 Å². The zero-order valence-corrected chi connectivity index (χ0v) is 11.1. The van der Waals surface area contributed by atoms with Gasteiger partial charge in [-0.1, -0.05) is 0 Å². The Hall–Kier alpha value is -1.26. The van der Waals surface area contributed by atoms with Gasteiger partial charge in [0.15, 0.2) is 0 Å². The zero-order chi connectivity index (χ0) is 13.1. The van der Waals surface area contributed by atoms with Gasteiger partial charge in [-0.3, -0.25) is 0 Å². The lowest BCUT2D eigenvalue weighted by Crippen LogP contribution is -1.97. The van der Waals surface area contributed by atoms with Crippen molar-refractivity contribution in [2.75, 3.05) is 0 Å². The van der Waals surface area contributed by atoms with E-state index in [1.54, 1.807) is 26.2 Å². The summed E-state index contributed by atoms with van der Waals surface area (Å²) < 4.78 is 18.7. The molecule has 0 saturated heterocycles. The van der Waals surface area contributed by atoms with Crippen molar-refractivity contribution in [3.63, 3.8) is 0 Å². The lowest BCUT2D eigenvalue weighted by molar-refractivity contribution is 0.196. The summed E-state index contributed by atoms with van der Waals surface area (Å²) in [5.74, 6) is 1.24. The summed E-state index contributed by atoms with van der Waals surface area (Å²) in [6.07, 6.45) is 0.945. The predicted molar refractivity (Wildman–Crippen MR) is 70.0 cm³/mol. The highest BCUT2D eigenvalue weighted by molar-refractivity contribution is 7.98. The summed E-state index contributed by atoms with van der Waals surface area (Å²) in [5.41, 5.74) is 1.20. The Morgan fingerprint density at radius 2 is 2.22 bits per heavy atom. The maximum Gasteiger partial charge on any atom is 0.126 e. The van der Waals surface area contributed by atoms with Crippen molar-refractivity contribution in [3.05, 3.63) is 53.2 Å². The van der Waals surface area contributed by atoms with Gasteiger partial charge in [-0.05, 0) is 49.2 Å². The number of hydrogen-bond acceptors (Lipinski definition) is 3. The van der Waals surface area contributed by atoms with Gasteiger partial charge in [-0.2, -0.15) is 0 Å². The lowest BCUT2D eigenvalue weighted by atomic mass is 10.1. The van der Waals surface area contributed by atoms with E-state index in [1.165, 1.54) is 17.8 Å². The molecule has 2 nitrogen and oxygen atoms in total. The fraction of sp³-hybridized carbons (Fsp3) is 0.286. The number of furan rings is 1. The van der Waals surface area contributed by atoms with E-state index in [0.29, 0.717) is 16.9 Å². The van der Waals surface area contributed by atoms with E-state index in [0.717, 1.165) is 10.7 Å². The third kappa shape index (κ3) is 2.94. The van der Waals surface area contributed by atoms with Gasteiger partial charge in [0, 0.05) is 4.90 Å². The van der Waals surface area contributed by atoms with Crippen LogP contribution in [0.4, 0.5) is 4.39 Å². The van der Waals surface area contributed by atoms with Crippen molar-refractivity contribution in [1.82, 2.24) is 0 Å². The van der Waals surface area contributed by atoms with Crippen LogP contribution in [0, 0.1) is 12.7 Å². The minimum absolute atomic E-state index is 0.284. The quantitative estimate of drug-likeness (QED) is 0.847. The number of aryl methyl sites for hydroxylation is 1. The highest BCUT2D eigenvalue weighted by atomic mass is 32.2. The van der Waals surface area contributed by atoms with E-state index in [-0.39, 0.29) is 5.82 Å².